The van der Waals surface area contributed by atoms with Gasteiger partial charge in [-0.3, -0.25) is 4.72 Å². The van der Waals surface area contributed by atoms with Crippen molar-refractivity contribution in [3.05, 3.63) is 17.8 Å². The largest absolute Gasteiger partial charge is 0.481 e. The zero-order chi connectivity index (χ0) is 13.3. The van der Waals surface area contributed by atoms with Crippen LogP contribution in [0.2, 0.25) is 0 Å². The summed E-state index contributed by atoms with van der Waals surface area (Å²) in [5.74, 6) is 0.459. The van der Waals surface area contributed by atoms with Gasteiger partial charge in [-0.15, -0.1) is 0 Å². The number of ether oxygens (including phenoxy) is 1. The molecule has 0 saturated carbocycles. The zero-order valence-electron chi connectivity index (χ0n) is 10.7. The van der Waals surface area contributed by atoms with Gasteiger partial charge in [-0.05, 0) is 33.3 Å². The first kappa shape index (κ1) is 13.8. The van der Waals surface area contributed by atoms with Crippen LogP contribution in [0.5, 0.6) is 5.88 Å². The summed E-state index contributed by atoms with van der Waals surface area (Å²) in [6.07, 6.45) is 1.46. The van der Waals surface area contributed by atoms with E-state index >= 15 is 0 Å². The maximum absolute atomic E-state index is 12.0. The van der Waals surface area contributed by atoms with Crippen molar-refractivity contribution in [2.45, 2.75) is 32.4 Å². The molecule has 0 amide bonds. The lowest BCUT2D eigenvalue weighted by molar-refractivity contribution is 0.397. The van der Waals surface area contributed by atoms with Crippen molar-refractivity contribution in [2.75, 3.05) is 11.8 Å². The number of nitrogens with one attached hydrogen (secondary N) is 1. The first-order chi connectivity index (χ1) is 7.67. The van der Waals surface area contributed by atoms with Gasteiger partial charge in [-0.1, -0.05) is 0 Å². The molecule has 6 heteroatoms. The number of nitrogens with zero attached hydrogens (tertiary/aromatic N) is 1. The first-order valence-corrected chi connectivity index (χ1v) is 6.68. The SMILES string of the molecule is COc1cc(C)c(NS(=O)(=O)C(C)(C)C)cn1. The van der Waals surface area contributed by atoms with E-state index in [0.717, 1.165) is 5.56 Å². The highest BCUT2D eigenvalue weighted by Crippen LogP contribution is 2.23. The summed E-state index contributed by atoms with van der Waals surface area (Å²) in [6.45, 7) is 6.72. The average Bonchev–Trinajstić information content (AvgIpc) is 2.19. The molecule has 5 nitrogen and oxygen atoms in total. The van der Waals surface area contributed by atoms with Gasteiger partial charge in [0.2, 0.25) is 15.9 Å². The standard InChI is InChI=1S/C11H18N2O3S/c1-8-6-10(16-5)12-7-9(8)13-17(14,15)11(2,3)4/h6-7,13H,1-5H3. The Bertz CT molecular complexity index is 504. The highest BCUT2D eigenvalue weighted by atomic mass is 32.2. The van der Waals surface area contributed by atoms with Crippen LogP contribution in [0.25, 0.3) is 0 Å². The molecule has 0 spiro atoms. The highest BCUT2D eigenvalue weighted by Gasteiger charge is 2.29. The average molecular weight is 258 g/mol. The summed E-state index contributed by atoms with van der Waals surface area (Å²) in [7, 11) is -1.91. The maximum atomic E-state index is 12.0. The number of methoxy groups -OCH3 is 1. The fraction of sp³-hybridized carbons (Fsp3) is 0.545. The van der Waals surface area contributed by atoms with Gasteiger partial charge in [-0.2, -0.15) is 0 Å². The molecule has 0 atom stereocenters. The van der Waals surface area contributed by atoms with E-state index in [2.05, 4.69) is 9.71 Å². The normalized spacial score (nSPS) is 12.3. The van der Waals surface area contributed by atoms with Crippen LogP contribution in [0.1, 0.15) is 26.3 Å². The Hall–Kier alpha value is -1.30. The molecule has 1 heterocycles. The Morgan fingerprint density at radius 1 is 1.35 bits per heavy atom. The first-order valence-electron chi connectivity index (χ1n) is 5.20. The quantitative estimate of drug-likeness (QED) is 0.899. The fourth-order valence-electron chi connectivity index (χ4n) is 1.05. The second-order valence-corrected chi connectivity index (χ2v) is 7.20. The van der Waals surface area contributed by atoms with Crippen molar-refractivity contribution in [3.8, 4) is 5.88 Å². The zero-order valence-corrected chi connectivity index (χ0v) is 11.6. The molecule has 0 aliphatic rings. The molecule has 0 fully saturated rings. The molecule has 1 rings (SSSR count). The molecule has 0 unspecified atom stereocenters. The lowest BCUT2D eigenvalue weighted by Crippen LogP contribution is -2.33. The van der Waals surface area contributed by atoms with E-state index in [1.165, 1.54) is 13.3 Å². The van der Waals surface area contributed by atoms with Gasteiger partial charge in [-0.25, -0.2) is 13.4 Å². The minimum absolute atomic E-state index is 0.459. The molecule has 0 aromatic carbocycles. The summed E-state index contributed by atoms with van der Waals surface area (Å²) in [5.41, 5.74) is 1.24. The Kier molecular flexibility index (Phi) is 3.66. The molecular weight excluding hydrogens is 240 g/mol. The lowest BCUT2D eigenvalue weighted by Gasteiger charge is -2.21. The number of hydrogen-bond donors (Lipinski definition) is 1. The van der Waals surface area contributed by atoms with E-state index in [9.17, 15) is 8.42 Å². The van der Waals surface area contributed by atoms with Crippen LogP contribution in [0.15, 0.2) is 12.3 Å². The van der Waals surface area contributed by atoms with Crippen LogP contribution in [0, 0.1) is 6.92 Å². The van der Waals surface area contributed by atoms with E-state index in [-0.39, 0.29) is 0 Å². The number of hydrogen-bond acceptors (Lipinski definition) is 4. The molecule has 0 aliphatic heterocycles. The Labute approximate surface area is 102 Å². The molecule has 1 N–H and O–H groups in total. The number of aryl methyl sites for hydroxylation is 1. The smallest absolute Gasteiger partial charge is 0.237 e. The highest BCUT2D eigenvalue weighted by molar-refractivity contribution is 7.94. The summed E-state index contributed by atoms with van der Waals surface area (Å²) in [5, 5.41) is 0. The maximum Gasteiger partial charge on any atom is 0.237 e. The van der Waals surface area contributed by atoms with Crippen molar-refractivity contribution in [1.29, 1.82) is 0 Å². The summed E-state index contributed by atoms with van der Waals surface area (Å²) < 4.78 is 30.5. The van der Waals surface area contributed by atoms with E-state index in [1.54, 1.807) is 33.8 Å². The molecule has 17 heavy (non-hydrogen) atoms. The van der Waals surface area contributed by atoms with Crippen LogP contribution in [0.3, 0.4) is 0 Å². The molecule has 0 aliphatic carbocycles. The van der Waals surface area contributed by atoms with Crippen molar-refractivity contribution >= 4 is 15.7 Å². The number of aromatic nitrogens is 1. The summed E-state index contributed by atoms with van der Waals surface area (Å²) >= 11 is 0. The van der Waals surface area contributed by atoms with Gasteiger partial charge in [0.1, 0.15) is 0 Å². The van der Waals surface area contributed by atoms with Crippen LogP contribution < -0.4 is 9.46 Å². The third kappa shape index (κ3) is 3.09. The predicted molar refractivity (Wildman–Crippen MR) is 67.8 cm³/mol. The molecular formula is C11H18N2O3S. The molecule has 96 valence electrons. The minimum Gasteiger partial charge on any atom is -0.481 e. The van der Waals surface area contributed by atoms with Crippen molar-refractivity contribution in [3.63, 3.8) is 0 Å². The van der Waals surface area contributed by atoms with Gasteiger partial charge >= 0.3 is 0 Å². The second-order valence-electron chi connectivity index (χ2n) is 4.76. The van der Waals surface area contributed by atoms with E-state index in [0.29, 0.717) is 11.6 Å². The van der Waals surface area contributed by atoms with Gasteiger partial charge in [0.05, 0.1) is 23.7 Å². The molecule has 1 aromatic heterocycles. The van der Waals surface area contributed by atoms with Crippen LogP contribution in [-0.2, 0) is 10.0 Å². The molecule has 0 saturated heterocycles. The summed E-state index contributed by atoms with van der Waals surface area (Å²) in [4.78, 5) is 3.98. The minimum atomic E-state index is -3.42. The second kappa shape index (κ2) is 4.52. The van der Waals surface area contributed by atoms with E-state index < -0.39 is 14.8 Å². The monoisotopic (exact) mass is 258 g/mol. The van der Waals surface area contributed by atoms with Gasteiger partial charge in [0, 0.05) is 6.07 Å². The van der Waals surface area contributed by atoms with E-state index in [4.69, 9.17) is 4.74 Å². The Morgan fingerprint density at radius 3 is 2.35 bits per heavy atom. The van der Waals surface area contributed by atoms with Crippen molar-refractivity contribution in [1.82, 2.24) is 4.98 Å². The summed E-state index contributed by atoms with van der Waals surface area (Å²) in [6, 6.07) is 1.68. The Balaban J connectivity index is 3.05. The van der Waals surface area contributed by atoms with Crippen LogP contribution in [-0.4, -0.2) is 25.3 Å². The van der Waals surface area contributed by atoms with Gasteiger partial charge < -0.3 is 4.74 Å². The fourth-order valence-corrected chi connectivity index (χ4v) is 1.86. The number of sulfonamides is 1. The third-order valence-electron chi connectivity index (χ3n) is 2.35. The third-order valence-corrected chi connectivity index (χ3v) is 4.45. The predicted octanol–water partition coefficient (Wildman–Crippen LogP) is 1.94. The molecule has 0 bridgehead atoms. The Morgan fingerprint density at radius 2 is 1.94 bits per heavy atom. The number of rotatable bonds is 3. The number of anilines is 1. The molecule has 0 radical (unpaired) electrons. The van der Waals surface area contributed by atoms with Gasteiger partial charge in [0.15, 0.2) is 0 Å². The lowest BCUT2D eigenvalue weighted by atomic mass is 10.2. The van der Waals surface area contributed by atoms with Gasteiger partial charge in [0.25, 0.3) is 0 Å². The van der Waals surface area contributed by atoms with Crippen LogP contribution in [0.4, 0.5) is 5.69 Å². The topological polar surface area (TPSA) is 68.3 Å². The van der Waals surface area contributed by atoms with Crippen molar-refractivity contribution < 1.29 is 13.2 Å². The van der Waals surface area contributed by atoms with E-state index in [1.807, 2.05) is 0 Å². The molecule has 1 aromatic rings. The van der Waals surface area contributed by atoms with Crippen molar-refractivity contribution in [2.24, 2.45) is 0 Å². The van der Waals surface area contributed by atoms with Crippen LogP contribution >= 0.6 is 0 Å². The number of pyridine rings is 1.